The Labute approximate surface area is 150 Å². The molecule has 0 saturated carbocycles. The van der Waals surface area contributed by atoms with E-state index in [2.05, 4.69) is 35.1 Å². The molecule has 24 heavy (non-hydrogen) atoms. The molecule has 0 radical (unpaired) electrons. The van der Waals surface area contributed by atoms with E-state index in [1.165, 1.54) is 7.11 Å². The lowest BCUT2D eigenvalue weighted by molar-refractivity contribution is -0.136. The van der Waals surface area contributed by atoms with Crippen LogP contribution >= 0.6 is 15.9 Å². The van der Waals surface area contributed by atoms with E-state index >= 15 is 0 Å². The monoisotopic (exact) mass is 389 g/mol. The van der Waals surface area contributed by atoms with Crippen LogP contribution in [0, 0.1) is 5.41 Å². The van der Waals surface area contributed by atoms with Crippen LogP contribution in [0.5, 0.6) is 0 Å². The van der Waals surface area contributed by atoms with Crippen LogP contribution in [-0.2, 0) is 14.3 Å². The minimum Gasteiger partial charge on any atom is -0.466 e. The van der Waals surface area contributed by atoms with Gasteiger partial charge in [-0.3, -0.25) is 4.79 Å². The van der Waals surface area contributed by atoms with E-state index in [0.29, 0.717) is 24.0 Å². The molecule has 0 saturated heterocycles. The third-order valence-electron chi connectivity index (χ3n) is 4.44. The van der Waals surface area contributed by atoms with E-state index in [-0.39, 0.29) is 11.2 Å². The number of methoxy groups -OCH3 is 1. The molecular weight excluding hydrogens is 370 g/mol. The minimum absolute atomic E-state index is 0.0905. The number of nitrogens with one attached hydrogen (secondary N) is 1. The van der Waals surface area contributed by atoms with Gasteiger partial charge in [-0.15, -0.1) is 0 Å². The number of Topliss-reactive ketones (excluding diaryl/α,β-unsaturated/α-hetero) is 1. The van der Waals surface area contributed by atoms with Gasteiger partial charge in [-0.2, -0.15) is 0 Å². The van der Waals surface area contributed by atoms with Crippen molar-refractivity contribution in [3.8, 4) is 0 Å². The van der Waals surface area contributed by atoms with E-state index in [1.54, 1.807) is 6.08 Å². The van der Waals surface area contributed by atoms with Crippen molar-refractivity contribution < 1.29 is 14.3 Å². The predicted octanol–water partition coefficient (Wildman–Crippen LogP) is 4.46. The van der Waals surface area contributed by atoms with Crippen molar-refractivity contribution in [3.63, 3.8) is 0 Å². The second-order valence-electron chi connectivity index (χ2n) is 7.09. The maximum absolute atomic E-state index is 12.6. The number of ketones is 1. The molecule has 1 aliphatic heterocycles. The lowest BCUT2D eigenvalue weighted by atomic mass is 9.74. The second-order valence-corrected chi connectivity index (χ2v) is 8.01. The summed E-state index contributed by atoms with van der Waals surface area (Å²) >= 11 is 3.47. The number of benzene rings is 1. The average Bonchev–Trinajstić information content (AvgIpc) is 2.48. The van der Waals surface area contributed by atoms with Crippen LogP contribution in [0.3, 0.4) is 0 Å². The fraction of sp³-hybridized carbons (Fsp3) is 0.368. The highest BCUT2D eigenvalue weighted by Crippen LogP contribution is 2.41. The van der Waals surface area contributed by atoms with E-state index in [0.717, 1.165) is 27.8 Å². The average molecular weight is 390 g/mol. The quantitative estimate of drug-likeness (QED) is 0.720. The Morgan fingerprint density at radius 3 is 2.75 bits per heavy atom. The first-order valence-electron chi connectivity index (χ1n) is 7.90. The zero-order valence-corrected chi connectivity index (χ0v) is 15.6. The van der Waals surface area contributed by atoms with Gasteiger partial charge in [0.25, 0.3) is 0 Å². The Hall–Kier alpha value is -1.88. The van der Waals surface area contributed by atoms with Crippen molar-refractivity contribution >= 4 is 39.4 Å². The molecule has 1 aliphatic carbocycles. The summed E-state index contributed by atoms with van der Waals surface area (Å²) in [6.45, 7) is 4.18. The number of rotatable bonds is 1. The highest BCUT2D eigenvalue weighted by atomic mass is 79.9. The molecule has 0 aromatic heterocycles. The van der Waals surface area contributed by atoms with Crippen LogP contribution in [0.4, 0.5) is 5.69 Å². The maximum Gasteiger partial charge on any atom is 0.334 e. The van der Waals surface area contributed by atoms with Crippen molar-refractivity contribution in [3.05, 3.63) is 45.1 Å². The van der Waals surface area contributed by atoms with Gasteiger partial charge in [0.05, 0.1) is 7.11 Å². The number of carbonyl (C=O) groups excluding carboxylic acids is 2. The third-order valence-corrected chi connectivity index (χ3v) is 4.93. The van der Waals surface area contributed by atoms with Crippen LogP contribution < -0.4 is 5.32 Å². The zero-order chi connectivity index (χ0) is 17.5. The summed E-state index contributed by atoms with van der Waals surface area (Å²) in [7, 11) is 1.36. The largest absolute Gasteiger partial charge is 0.466 e. The molecule has 0 bridgehead atoms. The second kappa shape index (κ2) is 6.20. The number of esters is 1. The summed E-state index contributed by atoms with van der Waals surface area (Å²) in [4.78, 5) is 24.8. The predicted molar refractivity (Wildman–Crippen MR) is 97.4 cm³/mol. The van der Waals surface area contributed by atoms with Gasteiger partial charge in [-0.1, -0.05) is 29.8 Å². The molecule has 0 amide bonds. The Morgan fingerprint density at radius 2 is 2.04 bits per heavy atom. The minimum atomic E-state index is -0.396. The number of anilines is 1. The van der Waals surface area contributed by atoms with Gasteiger partial charge in [-0.25, -0.2) is 4.79 Å². The van der Waals surface area contributed by atoms with Crippen LogP contribution in [0.1, 0.15) is 38.7 Å². The van der Waals surface area contributed by atoms with E-state index in [4.69, 9.17) is 4.74 Å². The number of hydrogen-bond donors (Lipinski definition) is 1. The zero-order valence-electron chi connectivity index (χ0n) is 14.0. The summed E-state index contributed by atoms with van der Waals surface area (Å²) < 4.78 is 5.84. The Bertz CT molecular complexity index is 790. The summed E-state index contributed by atoms with van der Waals surface area (Å²) in [5.41, 5.74) is 3.80. The number of carbonyl (C=O) groups is 2. The molecule has 0 spiro atoms. The molecule has 5 heteroatoms. The van der Waals surface area contributed by atoms with Crippen molar-refractivity contribution in [1.82, 2.24) is 0 Å². The van der Waals surface area contributed by atoms with Gasteiger partial charge in [0.15, 0.2) is 5.78 Å². The Morgan fingerprint density at radius 1 is 1.29 bits per heavy atom. The fourth-order valence-corrected chi connectivity index (χ4v) is 3.68. The molecule has 3 rings (SSSR count). The van der Waals surface area contributed by atoms with Crippen molar-refractivity contribution in [2.45, 2.75) is 33.1 Å². The van der Waals surface area contributed by atoms with Crippen molar-refractivity contribution in [2.24, 2.45) is 5.41 Å². The summed E-state index contributed by atoms with van der Waals surface area (Å²) in [6.07, 6.45) is 3.37. The first-order valence-corrected chi connectivity index (χ1v) is 8.69. The number of allylic oxidation sites excluding steroid dienone is 2. The van der Waals surface area contributed by atoms with Gasteiger partial charge in [0.1, 0.15) is 0 Å². The first-order chi connectivity index (χ1) is 11.3. The molecule has 1 N–H and O–H groups in total. The summed E-state index contributed by atoms with van der Waals surface area (Å²) in [6, 6.07) is 5.84. The van der Waals surface area contributed by atoms with E-state index < -0.39 is 5.97 Å². The molecule has 0 fully saturated rings. The topological polar surface area (TPSA) is 55.4 Å². The Kier molecular flexibility index (Phi) is 4.38. The van der Waals surface area contributed by atoms with E-state index in [1.807, 2.05) is 18.2 Å². The molecule has 0 atom stereocenters. The summed E-state index contributed by atoms with van der Waals surface area (Å²) in [5, 5.41) is 3.43. The molecule has 4 nitrogen and oxygen atoms in total. The molecular formula is C19H20BrNO3. The number of hydrogen-bond acceptors (Lipinski definition) is 4. The lowest BCUT2D eigenvalue weighted by Crippen LogP contribution is -2.29. The van der Waals surface area contributed by atoms with Crippen LogP contribution in [-0.4, -0.2) is 18.9 Å². The fourth-order valence-electron chi connectivity index (χ4n) is 3.30. The lowest BCUT2D eigenvalue weighted by Gasteiger charge is -2.34. The molecule has 126 valence electrons. The van der Waals surface area contributed by atoms with Gasteiger partial charge in [0, 0.05) is 39.8 Å². The maximum atomic E-state index is 12.6. The Balaban J connectivity index is 2.16. The van der Waals surface area contributed by atoms with Gasteiger partial charge in [0.2, 0.25) is 0 Å². The number of ether oxygens (including phenoxy) is 1. The molecule has 1 heterocycles. The molecule has 1 aromatic carbocycles. The van der Waals surface area contributed by atoms with Crippen LogP contribution in [0.25, 0.3) is 6.08 Å². The smallest absolute Gasteiger partial charge is 0.334 e. The number of halogens is 1. The number of fused-ring (bicyclic) bond motifs is 1. The van der Waals surface area contributed by atoms with Crippen LogP contribution in [0.2, 0.25) is 0 Å². The third kappa shape index (κ3) is 3.31. The van der Waals surface area contributed by atoms with Crippen molar-refractivity contribution in [1.29, 1.82) is 0 Å². The molecule has 2 aliphatic rings. The van der Waals surface area contributed by atoms with Crippen molar-refractivity contribution in [2.75, 3.05) is 12.4 Å². The van der Waals surface area contributed by atoms with E-state index in [9.17, 15) is 9.59 Å². The highest BCUT2D eigenvalue weighted by Gasteiger charge is 2.34. The standard InChI is InChI=1S/C19H20BrNO3/c1-19(2)9-16-14(17(22)10-19)8-12(18(23)24-3)6-11-7-13(20)4-5-15(11)21-16/h4-7,21H,8-10H2,1-3H3/b12-6+. The normalized spacial score (nSPS) is 21.5. The van der Waals surface area contributed by atoms with Gasteiger partial charge >= 0.3 is 5.97 Å². The SMILES string of the molecule is COC(=O)/C1=C/c2cc(Br)ccc2NC2=C(C1)C(=O)CC(C)(C)C2. The highest BCUT2D eigenvalue weighted by molar-refractivity contribution is 9.10. The van der Waals surface area contributed by atoms with Gasteiger partial charge in [-0.05, 0) is 41.7 Å². The van der Waals surface area contributed by atoms with Crippen LogP contribution in [0.15, 0.2) is 39.5 Å². The first kappa shape index (κ1) is 17.0. The summed E-state index contributed by atoms with van der Waals surface area (Å²) in [5.74, 6) is -0.295. The van der Waals surface area contributed by atoms with Gasteiger partial charge < -0.3 is 10.1 Å². The molecule has 1 aromatic rings. The molecule has 0 unspecified atom stereocenters.